The number of urea groups is 1. The monoisotopic (exact) mass is 358 g/mol. The van der Waals surface area contributed by atoms with Crippen LogP contribution in [-0.4, -0.2) is 60.4 Å². The summed E-state index contributed by atoms with van der Waals surface area (Å²) in [6, 6.07) is 8.02. The first kappa shape index (κ1) is 18.9. The summed E-state index contributed by atoms with van der Waals surface area (Å²) in [5.74, 6) is -1.48. The van der Waals surface area contributed by atoms with Crippen molar-refractivity contribution < 1.29 is 23.9 Å². The second-order valence-corrected chi connectivity index (χ2v) is 5.65. The fourth-order valence-corrected chi connectivity index (χ4v) is 2.36. The first-order valence-electron chi connectivity index (χ1n) is 7.92. The first-order valence-corrected chi connectivity index (χ1v) is 7.92. The zero-order valence-electron chi connectivity index (χ0n) is 14.2. The Labute approximate surface area is 150 Å². The number of nitrogens with zero attached hydrogens (tertiary/aromatic N) is 3. The molecule has 0 saturated carbocycles. The molecule has 1 aromatic carbocycles. The van der Waals surface area contributed by atoms with Gasteiger partial charge in [0.15, 0.2) is 6.61 Å². The van der Waals surface area contributed by atoms with Crippen LogP contribution >= 0.6 is 0 Å². The molecule has 0 atom stereocenters. The lowest BCUT2D eigenvalue weighted by Gasteiger charge is -2.13. The van der Waals surface area contributed by atoms with E-state index in [4.69, 9.17) is 10.00 Å². The minimum atomic E-state index is -0.610. The molecule has 1 fully saturated rings. The lowest BCUT2D eigenvalue weighted by atomic mass is 10.2. The summed E-state index contributed by atoms with van der Waals surface area (Å²) in [4.78, 5) is 49.1. The number of imide groups is 1. The standard InChI is InChI=1S/C17H18N4O5/c1-20-10-15(23)21(17(20)25)8-4-7-16(24)26-11-14(22)19-13-6-3-2-5-12(13)9-18/h2-3,5-6H,4,7-8,10-11H2,1H3,(H,19,22). The van der Waals surface area contributed by atoms with Crippen molar-refractivity contribution in [3.8, 4) is 6.07 Å². The molecule has 1 N–H and O–H groups in total. The van der Waals surface area contributed by atoms with Gasteiger partial charge in [-0.1, -0.05) is 12.1 Å². The zero-order chi connectivity index (χ0) is 19.1. The van der Waals surface area contributed by atoms with Crippen molar-refractivity contribution in [2.45, 2.75) is 12.8 Å². The maximum atomic E-state index is 11.8. The van der Waals surface area contributed by atoms with Crippen molar-refractivity contribution in [1.82, 2.24) is 9.80 Å². The van der Waals surface area contributed by atoms with Crippen LogP contribution in [0.5, 0.6) is 0 Å². The van der Waals surface area contributed by atoms with Gasteiger partial charge in [0.25, 0.3) is 5.91 Å². The number of rotatable bonds is 7. The number of para-hydroxylation sites is 1. The van der Waals surface area contributed by atoms with Gasteiger partial charge in [-0.15, -0.1) is 0 Å². The summed E-state index contributed by atoms with van der Waals surface area (Å²) in [5.41, 5.74) is 0.642. The van der Waals surface area contributed by atoms with Gasteiger partial charge in [0.05, 0.1) is 11.3 Å². The second kappa shape index (κ2) is 8.62. The van der Waals surface area contributed by atoms with E-state index >= 15 is 0 Å². The molecule has 0 aromatic heterocycles. The topological polar surface area (TPSA) is 120 Å². The van der Waals surface area contributed by atoms with Crippen molar-refractivity contribution in [2.75, 3.05) is 32.1 Å². The number of hydrogen-bond donors (Lipinski definition) is 1. The lowest BCUT2D eigenvalue weighted by molar-refractivity contribution is -0.147. The van der Waals surface area contributed by atoms with Gasteiger partial charge in [-0.3, -0.25) is 19.3 Å². The summed E-state index contributed by atoms with van der Waals surface area (Å²) in [5, 5.41) is 11.4. The minimum Gasteiger partial charge on any atom is -0.456 e. The van der Waals surface area contributed by atoms with E-state index in [9.17, 15) is 19.2 Å². The van der Waals surface area contributed by atoms with Crippen LogP contribution < -0.4 is 5.32 Å². The predicted molar refractivity (Wildman–Crippen MR) is 89.7 cm³/mol. The minimum absolute atomic E-state index is 0.0250. The number of amides is 4. The van der Waals surface area contributed by atoms with Crippen molar-refractivity contribution in [3.63, 3.8) is 0 Å². The van der Waals surface area contributed by atoms with Crippen LogP contribution in [0.25, 0.3) is 0 Å². The molecule has 0 radical (unpaired) electrons. The Hall–Kier alpha value is -3.41. The molecule has 1 aliphatic rings. The molecule has 1 saturated heterocycles. The van der Waals surface area contributed by atoms with Crippen molar-refractivity contribution in [1.29, 1.82) is 5.26 Å². The number of nitrogens with one attached hydrogen (secondary N) is 1. The Kier molecular flexibility index (Phi) is 6.27. The van der Waals surface area contributed by atoms with Crippen LogP contribution in [0.1, 0.15) is 18.4 Å². The predicted octanol–water partition coefficient (Wildman–Crippen LogP) is 0.714. The highest BCUT2D eigenvalue weighted by atomic mass is 16.5. The molecular formula is C17H18N4O5. The molecule has 0 bridgehead atoms. The van der Waals surface area contributed by atoms with Crippen molar-refractivity contribution in [2.24, 2.45) is 0 Å². The highest BCUT2D eigenvalue weighted by Gasteiger charge is 2.32. The molecule has 26 heavy (non-hydrogen) atoms. The Morgan fingerprint density at radius 1 is 1.31 bits per heavy atom. The van der Waals surface area contributed by atoms with E-state index in [0.29, 0.717) is 11.3 Å². The van der Waals surface area contributed by atoms with Gasteiger partial charge in [-0.05, 0) is 18.6 Å². The number of carbonyl (C=O) groups is 4. The van der Waals surface area contributed by atoms with E-state index in [1.807, 2.05) is 6.07 Å². The second-order valence-electron chi connectivity index (χ2n) is 5.65. The maximum absolute atomic E-state index is 11.8. The fraction of sp³-hybridized carbons (Fsp3) is 0.353. The Morgan fingerprint density at radius 3 is 2.69 bits per heavy atom. The molecule has 0 spiro atoms. The van der Waals surface area contributed by atoms with E-state index in [1.54, 1.807) is 24.3 Å². The molecule has 2 rings (SSSR count). The highest BCUT2D eigenvalue weighted by Crippen LogP contribution is 2.13. The van der Waals surface area contributed by atoms with Gasteiger partial charge < -0.3 is 15.0 Å². The normalized spacial score (nSPS) is 13.5. The van der Waals surface area contributed by atoms with Gasteiger partial charge in [-0.25, -0.2) is 4.79 Å². The third-order valence-electron chi connectivity index (χ3n) is 3.68. The maximum Gasteiger partial charge on any atom is 0.326 e. The van der Waals surface area contributed by atoms with Crippen LogP contribution in [0.2, 0.25) is 0 Å². The number of carbonyl (C=O) groups excluding carboxylic acids is 4. The van der Waals surface area contributed by atoms with E-state index in [-0.39, 0.29) is 37.9 Å². The smallest absolute Gasteiger partial charge is 0.326 e. The summed E-state index contributed by atoms with van der Waals surface area (Å²) in [6.45, 7) is -0.324. The number of anilines is 1. The average molecular weight is 358 g/mol. The average Bonchev–Trinajstić information content (AvgIpc) is 2.86. The molecular weight excluding hydrogens is 340 g/mol. The van der Waals surface area contributed by atoms with Crippen LogP contribution in [0.3, 0.4) is 0 Å². The number of ether oxygens (including phenoxy) is 1. The number of likely N-dealkylation sites (N-methyl/N-ethyl adjacent to an activating group) is 1. The van der Waals surface area contributed by atoms with E-state index < -0.39 is 18.5 Å². The summed E-state index contributed by atoms with van der Waals surface area (Å²) in [7, 11) is 1.53. The van der Waals surface area contributed by atoms with E-state index in [2.05, 4.69) is 5.32 Å². The highest BCUT2D eigenvalue weighted by molar-refractivity contribution is 6.01. The number of esters is 1. The lowest BCUT2D eigenvalue weighted by Crippen LogP contribution is -2.32. The van der Waals surface area contributed by atoms with E-state index in [0.717, 1.165) is 4.90 Å². The van der Waals surface area contributed by atoms with Crippen LogP contribution in [0, 0.1) is 11.3 Å². The molecule has 136 valence electrons. The molecule has 1 heterocycles. The van der Waals surface area contributed by atoms with Crippen LogP contribution in [0.15, 0.2) is 24.3 Å². The summed E-state index contributed by atoms with van der Waals surface area (Å²) in [6.07, 6.45) is 0.228. The Balaban J connectivity index is 1.70. The molecule has 1 aromatic rings. The Morgan fingerprint density at radius 2 is 2.04 bits per heavy atom. The fourth-order valence-electron chi connectivity index (χ4n) is 2.36. The van der Waals surface area contributed by atoms with Gasteiger partial charge >= 0.3 is 12.0 Å². The molecule has 1 aliphatic heterocycles. The molecule has 4 amide bonds. The quantitative estimate of drug-likeness (QED) is 0.566. The van der Waals surface area contributed by atoms with Gasteiger partial charge in [0.2, 0.25) is 5.91 Å². The third kappa shape index (κ3) is 4.80. The first-order chi connectivity index (χ1) is 12.4. The van der Waals surface area contributed by atoms with E-state index in [1.165, 1.54) is 11.9 Å². The summed E-state index contributed by atoms with van der Waals surface area (Å²) < 4.78 is 4.86. The molecule has 9 heteroatoms. The summed E-state index contributed by atoms with van der Waals surface area (Å²) >= 11 is 0. The zero-order valence-corrected chi connectivity index (χ0v) is 14.2. The van der Waals surface area contributed by atoms with Gasteiger partial charge in [-0.2, -0.15) is 5.26 Å². The Bertz CT molecular complexity index is 771. The van der Waals surface area contributed by atoms with Crippen molar-refractivity contribution in [3.05, 3.63) is 29.8 Å². The SMILES string of the molecule is CN1CC(=O)N(CCCC(=O)OCC(=O)Nc2ccccc2C#N)C1=O. The number of benzene rings is 1. The largest absolute Gasteiger partial charge is 0.456 e. The van der Waals surface area contributed by atoms with Gasteiger partial charge in [0.1, 0.15) is 12.6 Å². The number of nitriles is 1. The molecule has 0 unspecified atom stereocenters. The van der Waals surface area contributed by atoms with Gasteiger partial charge in [0, 0.05) is 20.0 Å². The van der Waals surface area contributed by atoms with Crippen molar-refractivity contribution >= 4 is 29.5 Å². The van der Waals surface area contributed by atoms with Crippen LogP contribution in [-0.2, 0) is 19.1 Å². The number of hydrogen-bond acceptors (Lipinski definition) is 6. The molecule has 0 aliphatic carbocycles. The molecule has 9 nitrogen and oxygen atoms in total. The third-order valence-corrected chi connectivity index (χ3v) is 3.68. The van der Waals surface area contributed by atoms with Crippen LogP contribution in [0.4, 0.5) is 10.5 Å².